The molecule has 0 saturated carbocycles. The van der Waals surface area contributed by atoms with Gasteiger partial charge in [0.2, 0.25) is 0 Å². The molecule has 0 bridgehead atoms. The van der Waals surface area contributed by atoms with Crippen molar-refractivity contribution >= 4 is 11.9 Å². The van der Waals surface area contributed by atoms with E-state index in [2.05, 4.69) is 5.32 Å². The first-order valence-electron chi connectivity index (χ1n) is 9.52. The van der Waals surface area contributed by atoms with Gasteiger partial charge in [0.1, 0.15) is 17.9 Å². The number of hydrogen-bond acceptors (Lipinski definition) is 5. The zero-order valence-electron chi connectivity index (χ0n) is 15.8. The molecule has 7 heteroatoms. The topological polar surface area (TPSA) is 92.0 Å². The summed E-state index contributed by atoms with van der Waals surface area (Å²) in [6.07, 6.45) is 3.74. The minimum atomic E-state index is -1.12. The summed E-state index contributed by atoms with van der Waals surface area (Å²) < 4.78 is 10.5. The number of aryl methyl sites for hydroxylation is 2. The Balaban J connectivity index is 1.40. The van der Waals surface area contributed by atoms with Crippen LogP contribution in [-0.2, 0) is 34.5 Å². The number of aliphatic hydroxyl groups is 1. The summed E-state index contributed by atoms with van der Waals surface area (Å²) in [7, 11) is 0. The summed E-state index contributed by atoms with van der Waals surface area (Å²) in [4.78, 5) is 26.5. The highest BCUT2D eigenvalue weighted by Gasteiger charge is 2.49. The smallest absolute Gasteiger partial charge is 0.325 e. The van der Waals surface area contributed by atoms with Crippen molar-refractivity contribution in [1.82, 2.24) is 10.2 Å². The molecule has 1 saturated heterocycles. The highest BCUT2D eigenvalue weighted by atomic mass is 16.5. The second-order valence-corrected chi connectivity index (χ2v) is 7.56. The van der Waals surface area contributed by atoms with Gasteiger partial charge in [-0.25, -0.2) is 4.79 Å². The highest BCUT2D eigenvalue weighted by Crippen LogP contribution is 2.32. The lowest BCUT2D eigenvalue weighted by Gasteiger charge is -2.23. The van der Waals surface area contributed by atoms with Crippen LogP contribution in [-0.4, -0.2) is 41.2 Å². The first-order chi connectivity index (χ1) is 13.5. The number of furan rings is 1. The molecule has 2 heterocycles. The van der Waals surface area contributed by atoms with Gasteiger partial charge in [0.15, 0.2) is 0 Å². The fraction of sp³-hybridized carbons (Fsp3) is 0.429. The van der Waals surface area contributed by atoms with Gasteiger partial charge in [-0.15, -0.1) is 0 Å². The number of carbonyl (C=O) groups is 2. The average Bonchev–Trinajstić information content (AvgIpc) is 3.39. The molecule has 1 aliphatic heterocycles. The van der Waals surface area contributed by atoms with Crippen molar-refractivity contribution < 1.29 is 23.8 Å². The first kappa shape index (κ1) is 18.7. The van der Waals surface area contributed by atoms with Gasteiger partial charge in [-0.2, -0.15) is 0 Å². The van der Waals surface area contributed by atoms with E-state index in [1.54, 1.807) is 25.3 Å². The molecule has 4 rings (SSSR count). The largest absolute Gasteiger partial charge is 0.467 e. The fourth-order valence-electron chi connectivity index (χ4n) is 3.89. The first-order valence-corrected chi connectivity index (χ1v) is 9.52. The lowest BCUT2D eigenvalue weighted by atomic mass is 9.89. The number of nitrogens with zero attached hydrogens (tertiary/aromatic N) is 1. The van der Waals surface area contributed by atoms with Gasteiger partial charge in [-0.3, -0.25) is 9.69 Å². The van der Waals surface area contributed by atoms with Crippen LogP contribution in [0.15, 0.2) is 41.0 Å². The van der Waals surface area contributed by atoms with Crippen LogP contribution in [0.1, 0.15) is 35.8 Å². The van der Waals surface area contributed by atoms with Gasteiger partial charge in [0.25, 0.3) is 5.91 Å². The van der Waals surface area contributed by atoms with Gasteiger partial charge in [0.05, 0.1) is 25.5 Å². The van der Waals surface area contributed by atoms with Crippen molar-refractivity contribution in [3.8, 4) is 0 Å². The van der Waals surface area contributed by atoms with E-state index in [-0.39, 0.29) is 25.7 Å². The number of hydrogen-bond donors (Lipinski definition) is 2. The van der Waals surface area contributed by atoms with Gasteiger partial charge < -0.3 is 19.6 Å². The molecule has 1 fully saturated rings. The van der Waals surface area contributed by atoms with Gasteiger partial charge in [-0.05, 0) is 55.0 Å². The molecular weight excluding hydrogens is 360 g/mol. The van der Waals surface area contributed by atoms with Crippen LogP contribution in [0.4, 0.5) is 4.79 Å². The third-order valence-corrected chi connectivity index (χ3v) is 5.48. The van der Waals surface area contributed by atoms with E-state index in [4.69, 9.17) is 9.15 Å². The van der Waals surface area contributed by atoms with Crippen molar-refractivity contribution in [2.45, 2.75) is 44.4 Å². The Hall–Kier alpha value is -2.64. The minimum Gasteiger partial charge on any atom is -0.467 e. The molecule has 0 unspecified atom stereocenters. The number of amides is 3. The van der Waals surface area contributed by atoms with Crippen LogP contribution in [0.25, 0.3) is 0 Å². The van der Waals surface area contributed by atoms with Gasteiger partial charge in [-0.1, -0.05) is 18.2 Å². The zero-order chi connectivity index (χ0) is 19.7. The number of ether oxygens (including phenoxy) is 1. The summed E-state index contributed by atoms with van der Waals surface area (Å²) in [5, 5.41) is 13.0. The standard InChI is InChI=1S/C21H24N2O5/c1-21(16-8-7-14-4-2-5-15(14)10-16)19(25)23(20(26)22-21)11-17(24)12-27-13-18-6-3-9-28-18/h3,6-10,17,24H,2,4-5,11-13H2,1H3,(H,22,26)/t17-,21+/m1/s1. The van der Waals surface area contributed by atoms with E-state index in [9.17, 15) is 14.7 Å². The number of imide groups is 1. The monoisotopic (exact) mass is 384 g/mol. The SMILES string of the molecule is C[C@@]1(c2ccc3c(c2)CCC3)NC(=O)N(C[C@@H](O)COCc2ccco2)C1=O. The summed E-state index contributed by atoms with van der Waals surface area (Å²) in [6.45, 7) is 1.80. The Kier molecular flexibility index (Phi) is 4.95. The van der Waals surface area contributed by atoms with Crippen molar-refractivity contribution in [1.29, 1.82) is 0 Å². The van der Waals surface area contributed by atoms with Crippen LogP contribution in [0.5, 0.6) is 0 Å². The summed E-state index contributed by atoms with van der Waals surface area (Å²) in [5.41, 5.74) is 2.21. The molecule has 2 N–H and O–H groups in total. The number of rotatable bonds is 7. The molecule has 0 radical (unpaired) electrons. The van der Waals surface area contributed by atoms with E-state index in [0.717, 1.165) is 29.7 Å². The Morgan fingerprint density at radius 1 is 1.29 bits per heavy atom. The predicted octanol–water partition coefficient (Wildman–Crippen LogP) is 2.11. The number of β-amino-alcohol motifs (C(OH)–C–C–N with tert-alkyl or cyclic N) is 1. The normalized spacial score (nSPS) is 22.4. The molecule has 28 heavy (non-hydrogen) atoms. The maximum Gasteiger partial charge on any atom is 0.325 e. The number of fused-ring (bicyclic) bond motifs is 1. The molecule has 1 aliphatic carbocycles. The van der Waals surface area contributed by atoms with Crippen LogP contribution in [0, 0.1) is 0 Å². The number of nitrogens with one attached hydrogen (secondary N) is 1. The molecule has 3 amide bonds. The molecule has 1 aromatic heterocycles. The molecule has 7 nitrogen and oxygen atoms in total. The number of urea groups is 1. The molecule has 148 valence electrons. The molecule has 2 aromatic rings. The van der Waals surface area contributed by atoms with Crippen LogP contribution in [0.2, 0.25) is 0 Å². The van der Waals surface area contributed by atoms with Gasteiger partial charge in [0, 0.05) is 0 Å². The molecular formula is C21H24N2O5. The summed E-state index contributed by atoms with van der Waals surface area (Å²) in [6, 6.07) is 9.00. The summed E-state index contributed by atoms with van der Waals surface area (Å²) in [5.74, 6) is 0.284. The van der Waals surface area contributed by atoms with Crippen LogP contribution in [0.3, 0.4) is 0 Å². The van der Waals surface area contributed by atoms with Crippen molar-refractivity contribution in [3.63, 3.8) is 0 Å². The average molecular weight is 384 g/mol. The van der Waals surface area contributed by atoms with Crippen molar-refractivity contribution in [2.24, 2.45) is 0 Å². The van der Waals surface area contributed by atoms with E-state index >= 15 is 0 Å². The second kappa shape index (κ2) is 7.41. The maximum absolute atomic E-state index is 13.0. The Labute approximate surface area is 163 Å². The van der Waals surface area contributed by atoms with E-state index in [0.29, 0.717) is 5.76 Å². The van der Waals surface area contributed by atoms with Crippen molar-refractivity contribution in [3.05, 3.63) is 59.0 Å². The molecule has 2 aliphatic rings. The molecule has 0 spiro atoms. The Morgan fingerprint density at radius 2 is 2.11 bits per heavy atom. The lowest BCUT2D eigenvalue weighted by Crippen LogP contribution is -2.42. The number of benzene rings is 1. The maximum atomic E-state index is 13.0. The minimum absolute atomic E-state index is 0.00663. The quantitative estimate of drug-likeness (QED) is 0.714. The third kappa shape index (κ3) is 3.43. The van der Waals surface area contributed by atoms with Gasteiger partial charge >= 0.3 is 6.03 Å². The number of carbonyl (C=O) groups excluding carboxylic acids is 2. The Bertz CT molecular complexity index is 879. The second-order valence-electron chi connectivity index (χ2n) is 7.56. The van der Waals surface area contributed by atoms with Crippen LogP contribution < -0.4 is 5.32 Å². The van der Waals surface area contributed by atoms with E-state index in [1.165, 1.54) is 11.1 Å². The fourth-order valence-corrected chi connectivity index (χ4v) is 3.89. The predicted molar refractivity (Wildman–Crippen MR) is 100 cm³/mol. The van der Waals surface area contributed by atoms with E-state index in [1.807, 2.05) is 18.2 Å². The highest BCUT2D eigenvalue weighted by molar-refractivity contribution is 6.07. The van der Waals surface area contributed by atoms with Crippen LogP contribution >= 0.6 is 0 Å². The molecule has 2 atom stereocenters. The lowest BCUT2D eigenvalue weighted by molar-refractivity contribution is -0.132. The number of aliphatic hydroxyl groups excluding tert-OH is 1. The summed E-state index contributed by atoms with van der Waals surface area (Å²) >= 11 is 0. The Morgan fingerprint density at radius 3 is 2.89 bits per heavy atom. The van der Waals surface area contributed by atoms with Crippen molar-refractivity contribution in [2.75, 3.05) is 13.2 Å². The molecule has 1 aromatic carbocycles. The zero-order valence-corrected chi connectivity index (χ0v) is 15.8. The van der Waals surface area contributed by atoms with E-state index < -0.39 is 17.7 Å². The third-order valence-electron chi connectivity index (χ3n) is 5.48.